The van der Waals surface area contributed by atoms with Crippen LogP contribution >= 0.6 is 23.2 Å². The van der Waals surface area contributed by atoms with Crippen molar-refractivity contribution < 1.29 is 9.50 Å². The average Bonchev–Trinajstić information content (AvgIpc) is 3.03. The van der Waals surface area contributed by atoms with Gasteiger partial charge in [0.1, 0.15) is 5.82 Å². The van der Waals surface area contributed by atoms with Crippen LogP contribution in [0.15, 0.2) is 12.1 Å². The van der Waals surface area contributed by atoms with Gasteiger partial charge in [-0.1, -0.05) is 30.1 Å². The normalized spacial score (nSPS) is 18.7. The van der Waals surface area contributed by atoms with Crippen LogP contribution in [0.25, 0.3) is 0 Å². The smallest absolute Gasteiger partial charge is 0.142 e. The Morgan fingerprint density at radius 2 is 2.11 bits per heavy atom. The first-order valence-electron chi connectivity index (χ1n) is 5.95. The minimum absolute atomic E-state index is 0.102. The Morgan fingerprint density at radius 1 is 1.44 bits per heavy atom. The van der Waals surface area contributed by atoms with Crippen molar-refractivity contribution in [3.8, 4) is 0 Å². The molecule has 0 radical (unpaired) electrons. The first-order valence-corrected chi connectivity index (χ1v) is 6.71. The highest BCUT2D eigenvalue weighted by Gasteiger charge is 2.36. The predicted octanol–water partition coefficient (Wildman–Crippen LogP) is 3.56. The molecule has 1 fully saturated rings. The van der Waals surface area contributed by atoms with Gasteiger partial charge in [-0.25, -0.2) is 4.39 Å². The summed E-state index contributed by atoms with van der Waals surface area (Å²) in [6.45, 7) is 3.35. The highest BCUT2D eigenvalue weighted by Crippen LogP contribution is 2.44. The highest BCUT2D eigenvalue weighted by molar-refractivity contribution is 6.36. The summed E-state index contributed by atoms with van der Waals surface area (Å²) in [6, 6.07) is 2.60. The van der Waals surface area contributed by atoms with Gasteiger partial charge in [-0.15, -0.1) is 0 Å². The van der Waals surface area contributed by atoms with Crippen LogP contribution in [-0.2, 0) is 0 Å². The van der Waals surface area contributed by atoms with Crippen molar-refractivity contribution in [2.45, 2.75) is 25.9 Å². The van der Waals surface area contributed by atoms with Crippen molar-refractivity contribution in [3.63, 3.8) is 0 Å². The van der Waals surface area contributed by atoms with Gasteiger partial charge in [0.2, 0.25) is 0 Å². The number of nitrogens with one attached hydrogen (secondary N) is 1. The Labute approximate surface area is 116 Å². The predicted molar refractivity (Wildman–Crippen MR) is 71.6 cm³/mol. The standard InChI is InChI=1S/C13H16Cl2FNO/c1-13(4-5-13)7-17-6-10(18)11-8(14)2-3-9(16)12(11)15/h2-3,10,17-18H,4-7H2,1H3. The minimum atomic E-state index is -0.900. The molecule has 0 saturated heterocycles. The Bertz CT molecular complexity index is 449. The number of hydrogen-bond acceptors (Lipinski definition) is 2. The summed E-state index contributed by atoms with van der Waals surface area (Å²) in [5.41, 5.74) is 0.613. The highest BCUT2D eigenvalue weighted by atomic mass is 35.5. The van der Waals surface area contributed by atoms with E-state index < -0.39 is 11.9 Å². The number of aliphatic hydroxyl groups is 1. The van der Waals surface area contributed by atoms with E-state index in [9.17, 15) is 9.50 Å². The lowest BCUT2D eigenvalue weighted by Gasteiger charge is -2.17. The second-order valence-electron chi connectivity index (χ2n) is 5.21. The van der Waals surface area contributed by atoms with E-state index in [1.807, 2.05) is 0 Å². The molecule has 18 heavy (non-hydrogen) atoms. The molecule has 0 heterocycles. The summed E-state index contributed by atoms with van der Waals surface area (Å²) in [4.78, 5) is 0. The van der Waals surface area contributed by atoms with Gasteiger partial charge in [-0.3, -0.25) is 0 Å². The molecule has 1 saturated carbocycles. The number of halogens is 3. The molecule has 2 nitrogen and oxygen atoms in total. The van der Waals surface area contributed by atoms with Gasteiger partial charge >= 0.3 is 0 Å². The summed E-state index contributed by atoms with van der Waals surface area (Å²) in [5, 5.41) is 13.4. The van der Waals surface area contributed by atoms with Crippen molar-refractivity contribution in [3.05, 3.63) is 33.6 Å². The summed E-state index contributed by atoms with van der Waals surface area (Å²) in [5.74, 6) is -0.565. The van der Waals surface area contributed by atoms with Crippen molar-refractivity contribution in [1.29, 1.82) is 0 Å². The van der Waals surface area contributed by atoms with Crippen LogP contribution in [0.3, 0.4) is 0 Å². The fraction of sp³-hybridized carbons (Fsp3) is 0.538. The molecule has 0 spiro atoms. The molecule has 100 valence electrons. The van der Waals surface area contributed by atoms with Crippen LogP contribution in [0.4, 0.5) is 4.39 Å². The van der Waals surface area contributed by atoms with Crippen molar-refractivity contribution >= 4 is 23.2 Å². The van der Waals surface area contributed by atoms with E-state index in [-0.39, 0.29) is 15.6 Å². The summed E-state index contributed by atoms with van der Waals surface area (Å²) >= 11 is 11.8. The summed E-state index contributed by atoms with van der Waals surface area (Å²) < 4.78 is 13.3. The van der Waals surface area contributed by atoms with Crippen LogP contribution in [0.5, 0.6) is 0 Å². The lowest BCUT2D eigenvalue weighted by Crippen LogP contribution is -2.27. The van der Waals surface area contributed by atoms with E-state index >= 15 is 0 Å². The molecule has 0 aliphatic heterocycles. The van der Waals surface area contributed by atoms with Crippen LogP contribution < -0.4 is 5.32 Å². The average molecular weight is 292 g/mol. The third kappa shape index (κ3) is 3.15. The van der Waals surface area contributed by atoms with E-state index in [2.05, 4.69) is 12.2 Å². The summed E-state index contributed by atoms with van der Waals surface area (Å²) in [7, 11) is 0. The quantitative estimate of drug-likeness (QED) is 0.813. The molecule has 2 N–H and O–H groups in total. The maximum Gasteiger partial charge on any atom is 0.142 e. The fourth-order valence-corrected chi connectivity index (χ4v) is 2.47. The van der Waals surface area contributed by atoms with Crippen LogP contribution in [0.1, 0.15) is 31.4 Å². The summed E-state index contributed by atoms with van der Waals surface area (Å²) in [6.07, 6.45) is 1.51. The third-order valence-electron chi connectivity index (χ3n) is 3.41. The molecule has 1 aromatic carbocycles. The SMILES string of the molecule is CC1(CNCC(O)c2c(Cl)ccc(F)c2Cl)CC1. The van der Waals surface area contributed by atoms with E-state index in [0.29, 0.717) is 12.0 Å². The molecular formula is C13H16Cl2FNO. The first-order chi connectivity index (χ1) is 8.43. The molecule has 0 aromatic heterocycles. The maximum atomic E-state index is 13.3. The van der Waals surface area contributed by atoms with Gasteiger partial charge < -0.3 is 10.4 Å². The third-order valence-corrected chi connectivity index (χ3v) is 4.12. The Kier molecular flexibility index (Phi) is 4.17. The van der Waals surface area contributed by atoms with Crippen LogP contribution in [0.2, 0.25) is 10.0 Å². The van der Waals surface area contributed by atoms with E-state index in [1.165, 1.54) is 25.0 Å². The Hall–Kier alpha value is -0.350. The zero-order chi connectivity index (χ0) is 13.3. The van der Waals surface area contributed by atoms with E-state index in [0.717, 1.165) is 6.54 Å². The topological polar surface area (TPSA) is 32.3 Å². The zero-order valence-corrected chi connectivity index (χ0v) is 11.7. The number of benzene rings is 1. The molecule has 2 rings (SSSR count). The van der Waals surface area contributed by atoms with Crippen LogP contribution in [0, 0.1) is 11.2 Å². The van der Waals surface area contributed by atoms with Gasteiger partial charge in [-0.2, -0.15) is 0 Å². The fourth-order valence-electron chi connectivity index (χ4n) is 1.85. The van der Waals surface area contributed by atoms with E-state index in [1.54, 1.807) is 0 Å². The largest absolute Gasteiger partial charge is 0.387 e. The number of hydrogen-bond donors (Lipinski definition) is 2. The number of rotatable bonds is 5. The monoisotopic (exact) mass is 291 g/mol. The van der Waals surface area contributed by atoms with Crippen molar-refractivity contribution in [2.24, 2.45) is 5.41 Å². The van der Waals surface area contributed by atoms with E-state index in [4.69, 9.17) is 23.2 Å². The first kappa shape index (κ1) is 14.1. The number of aliphatic hydroxyl groups excluding tert-OH is 1. The molecule has 1 aliphatic carbocycles. The van der Waals surface area contributed by atoms with Gasteiger partial charge in [0, 0.05) is 23.7 Å². The maximum absolute atomic E-state index is 13.3. The van der Waals surface area contributed by atoms with Gasteiger partial charge in [0.05, 0.1) is 11.1 Å². The molecule has 0 amide bonds. The minimum Gasteiger partial charge on any atom is -0.387 e. The second kappa shape index (κ2) is 5.33. The van der Waals surface area contributed by atoms with Crippen molar-refractivity contribution in [2.75, 3.05) is 13.1 Å². The molecule has 1 aromatic rings. The Balaban J connectivity index is 1.99. The lowest BCUT2D eigenvalue weighted by atomic mass is 10.1. The molecule has 5 heteroatoms. The molecule has 1 aliphatic rings. The Morgan fingerprint density at radius 3 is 2.72 bits per heavy atom. The molecular weight excluding hydrogens is 276 g/mol. The molecule has 1 atom stereocenters. The van der Waals surface area contributed by atoms with Gasteiger partial charge in [0.25, 0.3) is 0 Å². The molecule has 0 bridgehead atoms. The zero-order valence-electron chi connectivity index (χ0n) is 10.1. The second-order valence-corrected chi connectivity index (χ2v) is 6.00. The van der Waals surface area contributed by atoms with Gasteiger partial charge in [0.15, 0.2) is 0 Å². The van der Waals surface area contributed by atoms with Crippen LogP contribution in [-0.4, -0.2) is 18.2 Å². The van der Waals surface area contributed by atoms with Crippen molar-refractivity contribution in [1.82, 2.24) is 5.32 Å². The lowest BCUT2D eigenvalue weighted by molar-refractivity contribution is 0.172. The van der Waals surface area contributed by atoms with Gasteiger partial charge in [-0.05, 0) is 30.4 Å². The molecule has 1 unspecified atom stereocenters.